The van der Waals surface area contributed by atoms with Crippen LogP contribution >= 0.6 is 0 Å². The van der Waals surface area contributed by atoms with Gasteiger partial charge in [-0.1, -0.05) is 0 Å². The monoisotopic (exact) mass is 371 g/mol. The van der Waals surface area contributed by atoms with Crippen LogP contribution in [0.2, 0.25) is 0 Å². The SMILES string of the molecule is CCOc1ccc2c(c1)CCn1c(OCC3COCCO3)cc(=O)c(C)c1-2. The van der Waals surface area contributed by atoms with Gasteiger partial charge >= 0.3 is 0 Å². The van der Waals surface area contributed by atoms with Crippen molar-refractivity contribution in [2.45, 2.75) is 32.9 Å². The molecule has 6 nitrogen and oxygen atoms in total. The molecule has 0 amide bonds. The molecule has 0 bridgehead atoms. The molecule has 6 heteroatoms. The van der Waals surface area contributed by atoms with Crippen molar-refractivity contribution in [2.24, 2.45) is 0 Å². The van der Waals surface area contributed by atoms with Crippen molar-refractivity contribution in [3.05, 3.63) is 45.6 Å². The summed E-state index contributed by atoms with van der Waals surface area (Å²) in [6.07, 6.45) is 0.765. The standard InChI is InChI=1S/C21H25NO5/c1-3-25-16-4-5-18-15(10-16)6-7-22-20(11-19(23)14(2)21(18)22)27-13-17-12-24-8-9-26-17/h4-5,10-11,17H,3,6-9,12-13H2,1-2H3. The van der Waals surface area contributed by atoms with Gasteiger partial charge in [-0.15, -0.1) is 0 Å². The van der Waals surface area contributed by atoms with Crippen LogP contribution in [0, 0.1) is 6.92 Å². The molecule has 1 aromatic carbocycles. The Hall–Kier alpha value is -2.31. The Labute approximate surface area is 158 Å². The summed E-state index contributed by atoms with van der Waals surface area (Å²) >= 11 is 0. The molecule has 2 aliphatic rings. The van der Waals surface area contributed by atoms with E-state index in [9.17, 15) is 4.79 Å². The van der Waals surface area contributed by atoms with Crippen molar-refractivity contribution in [1.29, 1.82) is 0 Å². The third-order valence-electron chi connectivity index (χ3n) is 5.06. The summed E-state index contributed by atoms with van der Waals surface area (Å²) in [5.41, 5.74) is 3.93. The first kappa shape index (κ1) is 18.1. The second-order valence-corrected chi connectivity index (χ2v) is 6.85. The van der Waals surface area contributed by atoms with Crippen LogP contribution in [0.1, 0.15) is 18.1 Å². The summed E-state index contributed by atoms with van der Waals surface area (Å²) in [5.74, 6) is 1.46. The van der Waals surface area contributed by atoms with Gasteiger partial charge in [0.05, 0.1) is 32.1 Å². The zero-order chi connectivity index (χ0) is 18.8. The van der Waals surface area contributed by atoms with E-state index < -0.39 is 0 Å². The average Bonchev–Trinajstić information content (AvgIpc) is 2.70. The van der Waals surface area contributed by atoms with Crippen LogP contribution in [0.4, 0.5) is 0 Å². The molecule has 1 aromatic heterocycles. The highest BCUT2D eigenvalue weighted by molar-refractivity contribution is 5.70. The summed E-state index contributed by atoms with van der Waals surface area (Å²) in [6.45, 7) is 7.34. The molecule has 0 radical (unpaired) electrons. The number of aromatic nitrogens is 1. The Morgan fingerprint density at radius 3 is 2.89 bits per heavy atom. The zero-order valence-corrected chi connectivity index (χ0v) is 15.8. The minimum absolute atomic E-state index is 0.0150. The van der Waals surface area contributed by atoms with Crippen molar-refractivity contribution in [1.82, 2.24) is 4.57 Å². The molecule has 2 aromatic rings. The lowest BCUT2D eigenvalue weighted by Crippen LogP contribution is -2.34. The second kappa shape index (κ2) is 7.74. The summed E-state index contributed by atoms with van der Waals surface area (Å²) in [7, 11) is 0. The smallest absolute Gasteiger partial charge is 0.197 e. The highest BCUT2D eigenvalue weighted by atomic mass is 16.6. The van der Waals surface area contributed by atoms with E-state index in [4.69, 9.17) is 18.9 Å². The van der Waals surface area contributed by atoms with Crippen molar-refractivity contribution in [2.75, 3.05) is 33.0 Å². The van der Waals surface area contributed by atoms with E-state index in [1.807, 2.05) is 26.0 Å². The fourth-order valence-corrected chi connectivity index (χ4v) is 3.72. The van der Waals surface area contributed by atoms with E-state index >= 15 is 0 Å². The molecule has 27 heavy (non-hydrogen) atoms. The van der Waals surface area contributed by atoms with Crippen LogP contribution < -0.4 is 14.9 Å². The first-order valence-electron chi connectivity index (χ1n) is 9.50. The largest absolute Gasteiger partial charge is 0.494 e. The summed E-state index contributed by atoms with van der Waals surface area (Å²) in [6, 6.07) is 7.66. The van der Waals surface area contributed by atoms with E-state index in [-0.39, 0.29) is 11.5 Å². The number of fused-ring (bicyclic) bond motifs is 3. The van der Waals surface area contributed by atoms with Gasteiger partial charge in [0, 0.05) is 23.7 Å². The van der Waals surface area contributed by atoms with Crippen LogP contribution in [0.25, 0.3) is 11.3 Å². The average molecular weight is 371 g/mol. The summed E-state index contributed by atoms with van der Waals surface area (Å²) in [5, 5.41) is 0. The van der Waals surface area contributed by atoms with Gasteiger partial charge in [0.2, 0.25) is 0 Å². The molecule has 4 rings (SSSR count). The van der Waals surface area contributed by atoms with Gasteiger partial charge in [-0.3, -0.25) is 4.79 Å². The Kier molecular flexibility index (Phi) is 5.18. The van der Waals surface area contributed by atoms with E-state index in [1.165, 1.54) is 5.56 Å². The molecule has 1 atom stereocenters. The molecule has 0 spiro atoms. The van der Waals surface area contributed by atoms with Crippen molar-refractivity contribution >= 4 is 0 Å². The van der Waals surface area contributed by atoms with Crippen LogP contribution in [0.3, 0.4) is 0 Å². The highest BCUT2D eigenvalue weighted by Crippen LogP contribution is 2.35. The normalized spacial score (nSPS) is 18.5. The molecule has 1 unspecified atom stereocenters. The third kappa shape index (κ3) is 3.59. The Morgan fingerprint density at radius 2 is 2.11 bits per heavy atom. The Balaban J connectivity index is 1.67. The molecule has 3 heterocycles. The van der Waals surface area contributed by atoms with E-state index in [0.717, 1.165) is 35.5 Å². The van der Waals surface area contributed by atoms with Crippen LogP contribution in [-0.4, -0.2) is 43.7 Å². The highest BCUT2D eigenvalue weighted by Gasteiger charge is 2.23. The van der Waals surface area contributed by atoms with E-state index in [0.29, 0.717) is 38.9 Å². The minimum atomic E-state index is -0.101. The molecule has 0 aliphatic carbocycles. The summed E-state index contributed by atoms with van der Waals surface area (Å²) < 4.78 is 24.8. The lowest BCUT2D eigenvalue weighted by molar-refractivity contribution is -0.102. The number of rotatable bonds is 5. The van der Waals surface area contributed by atoms with Gasteiger partial charge in [0.1, 0.15) is 18.5 Å². The fourth-order valence-electron chi connectivity index (χ4n) is 3.72. The number of hydrogen-bond acceptors (Lipinski definition) is 5. The molecule has 1 saturated heterocycles. The Morgan fingerprint density at radius 1 is 1.22 bits per heavy atom. The number of hydrogen-bond donors (Lipinski definition) is 0. The number of aryl methyl sites for hydroxylation is 1. The number of nitrogens with zero attached hydrogens (tertiary/aromatic N) is 1. The zero-order valence-electron chi connectivity index (χ0n) is 15.8. The quantitative estimate of drug-likeness (QED) is 0.809. The van der Waals surface area contributed by atoms with Crippen molar-refractivity contribution < 1.29 is 18.9 Å². The van der Waals surface area contributed by atoms with Gasteiger partial charge in [-0.05, 0) is 44.0 Å². The topological polar surface area (TPSA) is 58.9 Å². The molecule has 0 N–H and O–H groups in total. The van der Waals surface area contributed by atoms with Crippen molar-refractivity contribution in [3.63, 3.8) is 0 Å². The number of pyridine rings is 1. The molecular weight excluding hydrogens is 346 g/mol. The third-order valence-corrected chi connectivity index (χ3v) is 5.06. The van der Waals surface area contributed by atoms with Gasteiger partial charge < -0.3 is 23.5 Å². The maximum atomic E-state index is 12.6. The molecule has 144 valence electrons. The van der Waals surface area contributed by atoms with E-state index in [2.05, 4.69) is 10.6 Å². The first-order valence-corrected chi connectivity index (χ1v) is 9.50. The van der Waals surface area contributed by atoms with E-state index in [1.54, 1.807) is 6.07 Å². The van der Waals surface area contributed by atoms with Gasteiger partial charge in [0.25, 0.3) is 0 Å². The summed E-state index contributed by atoms with van der Waals surface area (Å²) in [4.78, 5) is 12.6. The predicted octanol–water partition coefficient (Wildman–Crippen LogP) is 2.57. The second-order valence-electron chi connectivity index (χ2n) is 6.85. The predicted molar refractivity (Wildman–Crippen MR) is 102 cm³/mol. The molecular formula is C21H25NO5. The van der Waals surface area contributed by atoms with Crippen LogP contribution in [0.5, 0.6) is 11.6 Å². The maximum Gasteiger partial charge on any atom is 0.197 e. The van der Waals surface area contributed by atoms with Crippen molar-refractivity contribution in [3.8, 4) is 22.9 Å². The number of ether oxygens (including phenoxy) is 4. The Bertz CT molecular complexity index is 883. The van der Waals surface area contributed by atoms with Crippen LogP contribution in [0.15, 0.2) is 29.1 Å². The molecule has 2 aliphatic heterocycles. The first-order chi connectivity index (χ1) is 13.2. The number of benzene rings is 1. The lowest BCUT2D eigenvalue weighted by atomic mass is 9.94. The lowest BCUT2D eigenvalue weighted by Gasteiger charge is -2.28. The van der Waals surface area contributed by atoms with Gasteiger partial charge in [0.15, 0.2) is 11.3 Å². The minimum Gasteiger partial charge on any atom is -0.494 e. The van der Waals surface area contributed by atoms with Gasteiger partial charge in [-0.25, -0.2) is 0 Å². The molecule has 1 fully saturated rings. The van der Waals surface area contributed by atoms with Crippen LogP contribution in [-0.2, 0) is 22.4 Å². The fraction of sp³-hybridized carbons (Fsp3) is 0.476. The van der Waals surface area contributed by atoms with Gasteiger partial charge in [-0.2, -0.15) is 0 Å². The maximum absolute atomic E-state index is 12.6. The molecule has 0 saturated carbocycles.